The minimum Gasteiger partial charge on any atom is -0.348 e. The molecule has 1 fully saturated rings. The molecule has 1 rings (SSSR count). The molecule has 2 atom stereocenters. The molecular weight excluding hydrogens is 218 g/mol. The van der Waals surface area contributed by atoms with Crippen LogP contribution in [0.4, 0.5) is 0 Å². The Labute approximate surface area is 103 Å². The first-order valence-electron chi connectivity index (χ1n) is 6.25. The Hall–Kier alpha value is -1.10. The Morgan fingerprint density at radius 1 is 1.41 bits per heavy atom. The lowest BCUT2D eigenvalue weighted by Crippen LogP contribution is -2.60. The summed E-state index contributed by atoms with van der Waals surface area (Å²) in [5.41, 5.74) is 5.55. The predicted octanol–water partition coefficient (Wildman–Crippen LogP) is 0.146. The molecule has 5 heteroatoms. The third kappa shape index (κ3) is 3.70. The third-order valence-electron chi connectivity index (χ3n) is 3.70. The highest BCUT2D eigenvalue weighted by Crippen LogP contribution is 2.32. The van der Waals surface area contributed by atoms with Crippen LogP contribution in [0.25, 0.3) is 0 Å². The van der Waals surface area contributed by atoms with Crippen molar-refractivity contribution in [3.05, 3.63) is 0 Å². The van der Waals surface area contributed by atoms with E-state index in [1.54, 1.807) is 0 Å². The van der Waals surface area contributed by atoms with Gasteiger partial charge in [-0.25, -0.2) is 0 Å². The minimum absolute atomic E-state index is 0.0316. The highest BCUT2D eigenvalue weighted by atomic mass is 16.2. The van der Waals surface area contributed by atoms with E-state index < -0.39 is 0 Å². The fourth-order valence-corrected chi connectivity index (χ4v) is 2.48. The fourth-order valence-electron chi connectivity index (χ4n) is 2.48. The largest absolute Gasteiger partial charge is 0.348 e. The lowest BCUT2D eigenvalue weighted by atomic mass is 9.73. The molecule has 0 radical (unpaired) electrons. The lowest BCUT2D eigenvalue weighted by molar-refractivity contribution is -0.126. The van der Waals surface area contributed by atoms with E-state index >= 15 is 0 Å². The van der Waals surface area contributed by atoms with Gasteiger partial charge in [-0.2, -0.15) is 0 Å². The zero-order chi connectivity index (χ0) is 12.9. The maximum absolute atomic E-state index is 11.7. The Bertz CT molecular complexity index is 293. The standard InChI is InChI=1S/C12H23N3O2/c1-9-5-3-4-6-12(9,8-13)15-11(17)7-14-10(2)16/h9H,3-8,13H2,1-2H3,(H,14,16)(H,15,17). The van der Waals surface area contributed by atoms with Crippen LogP contribution in [0.1, 0.15) is 39.5 Å². The molecule has 1 aliphatic rings. The Morgan fingerprint density at radius 3 is 2.65 bits per heavy atom. The van der Waals surface area contributed by atoms with Crippen LogP contribution in [0.5, 0.6) is 0 Å². The zero-order valence-electron chi connectivity index (χ0n) is 10.7. The SMILES string of the molecule is CC(=O)NCC(=O)NC1(CN)CCCCC1C. The van der Waals surface area contributed by atoms with Crippen molar-refractivity contribution in [2.24, 2.45) is 11.7 Å². The molecule has 0 bridgehead atoms. The van der Waals surface area contributed by atoms with Crippen LogP contribution < -0.4 is 16.4 Å². The van der Waals surface area contributed by atoms with Crippen LogP contribution in [0, 0.1) is 5.92 Å². The second kappa shape index (κ2) is 6.00. The van der Waals surface area contributed by atoms with Gasteiger partial charge in [0.25, 0.3) is 0 Å². The van der Waals surface area contributed by atoms with Crippen molar-refractivity contribution in [2.45, 2.75) is 45.1 Å². The molecule has 0 saturated heterocycles. The van der Waals surface area contributed by atoms with Gasteiger partial charge in [0.05, 0.1) is 12.1 Å². The number of nitrogens with two attached hydrogens (primary N) is 1. The third-order valence-corrected chi connectivity index (χ3v) is 3.70. The van der Waals surface area contributed by atoms with Gasteiger partial charge in [0.1, 0.15) is 0 Å². The molecule has 2 unspecified atom stereocenters. The highest BCUT2D eigenvalue weighted by Gasteiger charge is 2.38. The summed E-state index contributed by atoms with van der Waals surface area (Å²) in [5, 5.41) is 5.51. The van der Waals surface area contributed by atoms with Crippen molar-refractivity contribution in [3.8, 4) is 0 Å². The number of hydrogen-bond donors (Lipinski definition) is 3. The fraction of sp³-hybridized carbons (Fsp3) is 0.833. The van der Waals surface area contributed by atoms with Crippen molar-refractivity contribution < 1.29 is 9.59 Å². The van der Waals surface area contributed by atoms with E-state index in [1.165, 1.54) is 13.3 Å². The summed E-state index contributed by atoms with van der Waals surface area (Å²) < 4.78 is 0. The van der Waals surface area contributed by atoms with Crippen LogP contribution >= 0.6 is 0 Å². The van der Waals surface area contributed by atoms with Crippen molar-refractivity contribution >= 4 is 11.8 Å². The van der Waals surface area contributed by atoms with Crippen molar-refractivity contribution in [1.82, 2.24) is 10.6 Å². The molecule has 0 aromatic rings. The Morgan fingerprint density at radius 2 is 2.12 bits per heavy atom. The summed E-state index contributed by atoms with van der Waals surface area (Å²) in [4.78, 5) is 22.5. The molecule has 0 aliphatic heterocycles. The van der Waals surface area contributed by atoms with E-state index in [9.17, 15) is 9.59 Å². The van der Waals surface area contributed by atoms with Gasteiger partial charge in [0.15, 0.2) is 0 Å². The highest BCUT2D eigenvalue weighted by molar-refractivity contribution is 5.84. The van der Waals surface area contributed by atoms with Crippen LogP contribution in [-0.4, -0.2) is 30.4 Å². The zero-order valence-corrected chi connectivity index (χ0v) is 10.7. The van der Waals surface area contributed by atoms with Gasteiger partial charge in [-0.1, -0.05) is 19.8 Å². The molecule has 98 valence electrons. The molecule has 1 saturated carbocycles. The predicted molar refractivity (Wildman–Crippen MR) is 66.2 cm³/mol. The van der Waals surface area contributed by atoms with Gasteiger partial charge in [-0.15, -0.1) is 0 Å². The van der Waals surface area contributed by atoms with Gasteiger partial charge in [0.2, 0.25) is 11.8 Å². The monoisotopic (exact) mass is 241 g/mol. The van der Waals surface area contributed by atoms with E-state index in [0.29, 0.717) is 12.5 Å². The van der Waals surface area contributed by atoms with Gasteiger partial charge >= 0.3 is 0 Å². The Kier molecular flexibility index (Phi) is 4.93. The average Bonchev–Trinajstić information content (AvgIpc) is 2.30. The minimum atomic E-state index is -0.284. The molecule has 5 nitrogen and oxygen atoms in total. The molecule has 0 aromatic carbocycles. The van der Waals surface area contributed by atoms with Crippen molar-refractivity contribution in [2.75, 3.05) is 13.1 Å². The van der Waals surface area contributed by atoms with Crippen molar-refractivity contribution in [1.29, 1.82) is 0 Å². The normalized spacial score (nSPS) is 28.5. The molecule has 0 heterocycles. The van der Waals surface area contributed by atoms with Gasteiger partial charge < -0.3 is 16.4 Å². The van der Waals surface area contributed by atoms with E-state index in [1.807, 2.05) is 0 Å². The summed E-state index contributed by atoms with van der Waals surface area (Å²) in [7, 11) is 0. The van der Waals surface area contributed by atoms with Gasteiger partial charge in [0, 0.05) is 13.5 Å². The quantitative estimate of drug-likeness (QED) is 0.655. The summed E-state index contributed by atoms with van der Waals surface area (Å²) >= 11 is 0. The second-order valence-electron chi connectivity index (χ2n) is 4.97. The summed E-state index contributed by atoms with van der Waals surface area (Å²) in [5.74, 6) is 0.0422. The van der Waals surface area contributed by atoms with E-state index in [0.717, 1.165) is 19.3 Å². The maximum atomic E-state index is 11.7. The molecular formula is C12H23N3O2. The number of nitrogens with one attached hydrogen (secondary N) is 2. The second-order valence-corrected chi connectivity index (χ2v) is 4.97. The molecule has 4 N–H and O–H groups in total. The van der Waals surface area contributed by atoms with Crippen LogP contribution in [0.3, 0.4) is 0 Å². The molecule has 0 aromatic heterocycles. The topological polar surface area (TPSA) is 84.2 Å². The number of hydrogen-bond acceptors (Lipinski definition) is 3. The lowest BCUT2D eigenvalue weighted by Gasteiger charge is -2.42. The average molecular weight is 241 g/mol. The number of carbonyl (C=O) groups excluding carboxylic acids is 2. The molecule has 2 amide bonds. The van der Waals surface area contributed by atoms with Crippen LogP contribution in [0.2, 0.25) is 0 Å². The Balaban J connectivity index is 2.55. The van der Waals surface area contributed by atoms with Gasteiger partial charge in [-0.05, 0) is 18.8 Å². The number of rotatable bonds is 4. The number of amides is 2. The first-order valence-corrected chi connectivity index (χ1v) is 6.25. The van der Waals surface area contributed by atoms with Gasteiger partial charge in [-0.3, -0.25) is 9.59 Å². The van der Waals surface area contributed by atoms with E-state index in [-0.39, 0.29) is 23.9 Å². The summed E-state index contributed by atoms with van der Waals surface area (Å²) in [6, 6.07) is 0. The number of carbonyl (C=O) groups is 2. The van der Waals surface area contributed by atoms with E-state index in [2.05, 4.69) is 17.6 Å². The van der Waals surface area contributed by atoms with Crippen LogP contribution in [0.15, 0.2) is 0 Å². The summed E-state index contributed by atoms with van der Waals surface area (Å²) in [6.07, 6.45) is 4.32. The van der Waals surface area contributed by atoms with Crippen LogP contribution in [-0.2, 0) is 9.59 Å². The van der Waals surface area contributed by atoms with E-state index in [4.69, 9.17) is 5.73 Å². The summed E-state index contributed by atoms with van der Waals surface area (Å²) in [6.45, 7) is 4.02. The first kappa shape index (κ1) is 14.0. The maximum Gasteiger partial charge on any atom is 0.239 e. The molecule has 17 heavy (non-hydrogen) atoms. The van der Waals surface area contributed by atoms with Crippen molar-refractivity contribution in [3.63, 3.8) is 0 Å². The molecule has 0 spiro atoms. The molecule has 1 aliphatic carbocycles. The smallest absolute Gasteiger partial charge is 0.239 e. The first-order chi connectivity index (χ1) is 8.00.